The fraction of sp³-hybridized carbons (Fsp3) is 0.474. The van der Waals surface area contributed by atoms with E-state index in [9.17, 15) is 0 Å². The lowest BCUT2D eigenvalue weighted by Gasteiger charge is -2.18. The highest BCUT2D eigenvalue weighted by Crippen LogP contribution is 2.18. The molecule has 1 atom stereocenters. The quantitative estimate of drug-likeness (QED) is 0.601. The van der Waals surface area contributed by atoms with Crippen molar-refractivity contribution in [2.24, 2.45) is 4.99 Å². The van der Waals surface area contributed by atoms with Gasteiger partial charge in [0.05, 0.1) is 12.2 Å². The Bertz CT molecular complexity index is 634. The maximum absolute atomic E-state index is 5.34. The Morgan fingerprint density at radius 3 is 2.54 bits per heavy atom. The Balaban J connectivity index is 1.85. The van der Waals surface area contributed by atoms with Crippen LogP contribution in [0.25, 0.3) is 0 Å². The SMILES string of the molecule is CCC(CNC(=NC)NCc1cc(C(C)C)no1)c1ccccc1. The van der Waals surface area contributed by atoms with Gasteiger partial charge in [0.15, 0.2) is 11.7 Å². The molecule has 0 aliphatic rings. The summed E-state index contributed by atoms with van der Waals surface area (Å²) in [6.45, 7) is 7.82. The summed E-state index contributed by atoms with van der Waals surface area (Å²) >= 11 is 0. The van der Waals surface area contributed by atoms with Gasteiger partial charge in [0.25, 0.3) is 0 Å². The van der Waals surface area contributed by atoms with Gasteiger partial charge >= 0.3 is 0 Å². The lowest BCUT2D eigenvalue weighted by atomic mass is 9.97. The predicted octanol–water partition coefficient (Wildman–Crippen LogP) is 3.66. The van der Waals surface area contributed by atoms with Gasteiger partial charge in [-0.2, -0.15) is 0 Å². The highest BCUT2D eigenvalue weighted by Gasteiger charge is 2.11. The Kier molecular flexibility index (Phi) is 6.85. The number of hydrogen-bond acceptors (Lipinski definition) is 3. The minimum Gasteiger partial charge on any atom is -0.359 e. The van der Waals surface area contributed by atoms with Crippen molar-refractivity contribution in [1.29, 1.82) is 0 Å². The first-order chi connectivity index (χ1) is 11.6. The first-order valence-corrected chi connectivity index (χ1v) is 8.59. The molecular formula is C19H28N4O. The highest BCUT2D eigenvalue weighted by molar-refractivity contribution is 5.79. The number of rotatable bonds is 7. The standard InChI is InChI=1S/C19H28N4O/c1-5-15(16-9-7-6-8-10-16)12-21-19(20-4)22-13-17-11-18(14(2)3)23-24-17/h6-11,14-15H,5,12-13H2,1-4H3,(H2,20,21,22). The summed E-state index contributed by atoms with van der Waals surface area (Å²) in [6, 6.07) is 12.6. The van der Waals surface area contributed by atoms with E-state index in [1.54, 1.807) is 7.05 Å². The lowest BCUT2D eigenvalue weighted by molar-refractivity contribution is 0.372. The van der Waals surface area contributed by atoms with Crippen molar-refractivity contribution in [3.8, 4) is 0 Å². The van der Waals surface area contributed by atoms with E-state index in [1.807, 2.05) is 12.1 Å². The second kappa shape index (κ2) is 9.11. The second-order valence-electron chi connectivity index (χ2n) is 6.20. The van der Waals surface area contributed by atoms with E-state index in [0.29, 0.717) is 18.4 Å². The molecule has 1 aromatic carbocycles. The van der Waals surface area contributed by atoms with Crippen LogP contribution in [0, 0.1) is 0 Å². The third kappa shape index (κ3) is 5.11. The summed E-state index contributed by atoms with van der Waals surface area (Å²) in [7, 11) is 1.78. The summed E-state index contributed by atoms with van der Waals surface area (Å²) in [6.07, 6.45) is 1.08. The number of aliphatic imine (C=N–C) groups is 1. The van der Waals surface area contributed by atoms with Crippen LogP contribution >= 0.6 is 0 Å². The third-order valence-corrected chi connectivity index (χ3v) is 4.10. The minimum absolute atomic E-state index is 0.371. The zero-order valence-corrected chi connectivity index (χ0v) is 15.0. The number of aromatic nitrogens is 1. The topological polar surface area (TPSA) is 62.5 Å². The highest BCUT2D eigenvalue weighted by atomic mass is 16.5. The molecule has 0 bridgehead atoms. The second-order valence-corrected chi connectivity index (χ2v) is 6.20. The molecule has 0 saturated carbocycles. The van der Waals surface area contributed by atoms with Gasteiger partial charge < -0.3 is 15.2 Å². The van der Waals surface area contributed by atoms with Gasteiger partial charge in [0.1, 0.15) is 0 Å². The molecule has 5 nitrogen and oxygen atoms in total. The van der Waals surface area contributed by atoms with Crippen LogP contribution in [0.5, 0.6) is 0 Å². The molecule has 2 N–H and O–H groups in total. The molecule has 2 aromatic rings. The van der Waals surface area contributed by atoms with Gasteiger partial charge in [-0.3, -0.25) is 4.99 Å². The Hall–Kier alpha value is -2.30. The van der Waals surface area contributed by atoms with Gasteiger partial charge in [-0.25, -0.2) is 0 Å². The molecule has 0 aliphatic carbocycles. The summed E-state index contributed by atoms with van der Waals surface area (Å²) < 4.78 is 5.34. The zero-order chi connectivity index (χ0) is 17.4. The van der Waals surface area contributed by atoms with E-state index in [-0.39, 0.29) is 0 Å². The van der Waals surface area contributed by atoms with E-state index in [0.717, 1.165) is 30.4 Å². The molecule has 0 saturated heterocycles. The van der Waals surface area contributed by atoms with Crippen LogP contribution in [0.4, 0.5) is 0 Å². The van der Waals surface area contributed by atoms with Crippen molar-refractivity contribution in [2.45, 2.75) is 45.6 Å². The molecule has 5 heteroatoms. The normalized spacial score (nSPS) is 13.1. The molecule has 1 heterocycles. The van der Waals surface area contributed by atoms with Crippen molar-refractivity contribution in [1.82, 2.24) is 15.8 Å². The van der Waals surface area contributed by atoms with Crippen LogP contribution < -0.4 is 10.6 Å². The van der Waals surface area contributed by atoms with E-state index in [2.05, 4.69) is 65.8 Å². The molecule has 0 radical (unpaired) electrons. The van der Waals surface area contributed by atoms with Crippen LogP contribution in [0.3, 0.4) is 0 Å². The van der Waals surface area contributed by atoms with E-state index >= 15 is 0 Å². The van der Waals surface area contributed by atoms with Crippen molar-refractivity contribution < 1.29 is 4.52 Å². The maximum atomic E-state index is 5.34. The Morgan fingerprint density at radius 1 is 1.21 bits per heavy atom. The molecule has 0 fully saturated rings. The lowest BCUT2D eigenvalue weighted by Crippen LogP contribution is -2.38. The van der Waals surface area contributed by atoms with Gasteiger partial charge in [-0.15, -0.1) is 0 Å². The molecule has 130 valence electrons. The van der Waals surface area contributed by atoms with Gasteiger partial charge in [0, 0.05) is 25.6 Å². The molecule has 0 amide bonds. The Morgan fingerprint density at radius 2 is 1.96 bits per heavy atom. The van der Waals surface area contributed by atoms with Crippen LogP contribution in [0.15, 0.2) is 45.9 Å². The largest absolute Gasteiger partial charge is 0.359 e. The summed E-state index contributed by atoms with van der Waals surface area (Å²) in [4.78, 5) is 4.28. The summed E-state index contributed by atoms with van der Waals surface area (Å²) in [5.41, 5.74) is 2.32. The van der Waals surface area contributed by atoms with E-state index < -0.39 is 0 Å². The first kappa shape index (κ1) is 18.0. The molecule has 0 spiro atoms. The van der Waals surface area contributed by atoms with Gasteiger partial charge in [-0.1, -0.05) is 56.3 Å². The maximum Gasteiger partial charge on any atom is 0.191 e. The fourth-order valence-corrected chi connectivity index (χ4v) is 2.52. The Labute approximate surface area is 144 Å². The van der Waals surface area contributed by atoms with Crippen LogP contribution in [-0.4, -0.2) is 24.7 Å². The molecule has 24 heavy (non-hydrogen) atoms. The van der Waals surface area contributed by atoms with Crippen molar-refractivity contribution >= 4 is 5.96 Å². The minimum atomic E-state index is 0.371. The molecular weight excluding hydrogens is 300 g/mol. The van der Waals surface area contributed by atoms with Gasteiger partial charge in [-0.05, 0) is 17.9 Å². The fourth-order valence-electron chi connectivity index (χ4n) is 2.52. The molecule has 1 unspecified atom stereocenters. The smallest absolute Gasteiger partial charge is 0.191 e. The average Bonchev–Trinajstić information content (AvgIpc) is 3.08. The first-order valence-electron chi connectivity index (χ1n) is 8.59. The predicted molar refractivity (Wildman–Crippen MR) is 98.3 cm³/mol. The summed E-state index contributed by atoms with van der Waals surface area (Å²) in [5.74, 6) is 2.42. The monoisotopic (exact) mass is 328 g/mol. The molecule has 1 aromatic heterocycles. The van der Waals surface area contributed by atoms with Crippen molar-refractivity contribution in [3.05, 3.63) is 53.4 Å². The number of benzene rings is 1. The summed E-state index contributed by atoms with van der Waals surface area (Å²) in [5, 5.41) is 10.7. The van der Waals surface area contributed by atoms with Crippen LogP contribution in [0.1, 0.15) is 56.0 Å². The number of guanidine groups is 1. The van der Waals surface area contributed by atoms with E-state index in [1.165, 1.54) is 5.56 Å². The number of nitrogens with one attached hydrogen (secondary N) is 2. The molecule has 0 aliphatic heterocycles. The number of nitrogens with zero attached hydrogens (tertiary/aromatic N) is 2. The van der Waals surface area contributed by atoms with Crippen LogP contribution in [0.2, 0.25) is 0 Å². The third-order valence-electron chi connectivity index (χ3n) is 4.10. The number of hydrogen-bond donors (Lipinski definition) is 2. The van der Waals surface area contributed by atoms with Crippen LogP contribution in [-0.2, 0) is 6.54 Å². The van der Waals surface area contributed by atoms with Crippen molar-refractivity contribution in [3.63, 3.8) is 0 Å². The van der Waals surface area contributed by atoms with Crippen molar-refractivity contribution in [2.75, 3.05) is 13.6 Å². The van der Waals surface area contributed by atoms with Gasteiger partial charge in [0.2, 0.25) is 0 Å². The van der Waals surface area contributed by atoms with E-state index in [4.69, 9.17) is 4.52 Å². The zero-order valence-electron chi connectivity index (χ0n) is 15.0. The average molecular weight is 328 g/mol. The molecule has 2 rings (SSSR count).